The summed E-state index contributed by atoms with van der Waals surface area (Å²) < 4.78 is 16.6. The van der Waals surface area contributed by atoms with Crippen molar-refractivity contribution >= 4 is 34.4 Å². The summed E-state index contributed by atoms with van der Waals surface area (Å²) in [6.45, 7) is 4.32. The maximum absolute atomic E-state index is 13.2. The van der Waals surface area contributed by atoms with Crippen molar-refractivity contribution in [2.45, 2.75) is 26.4 Å². The number of para-hydroxylation sites is 2. The van der Waals surface area contributed by atoms with E-state index in [1.807, 2.05) is 31.2 Å². The Labute approximate surface area is 189 Å². The number of hydrogen-bond acceptors (Lipinski definition) is 3. The second-order valence-corrected chi connectivity index (χ2v) is 8.12. The van der Waals surface area contributed by atoms with Crippen LogP contribution >= 0.6 is 11.6 Å². The minimum atomic E-state index is -0.497. The molecular weight excluding hydrogens is 435 g/mol. The van der Waals surface area contributed by atoms with Gasteiger partial charge in [0, 0.05) is 45.7 Å². The molecule has 0 spiro atoms. The lowest BCUT2D eigenvalue weighted by atomic mass is 10.1. The van der Waals surface area contributed by atoms with Crippen molar-refractivity contribution in [1.82, 2.24) is 18.9 Å². The van der Waals surface area contributed by atoms with Gasteiger partial charge in [0.2, 0.25) is 5.91 Å². The molecule has 2 aromatic carbocycles. The van der Waals surface area contributed by atoms with Gasteiger partial charge >= 0.3 is 5.69 Å². The molecule has 9 heteroatoms. The molecule has 0 saturated carbocycles. The smallest absolute Gasteiger partial charge is 0.329 e. The molecule has 32 heavy (non-hydrogen) atoms. The predicted octanol–water partition coefficient (Wildman–Crippen LogP) is 2.99. The second-order valence-electron chi connectivity index (χ2n) is 7.71. The lowest BCUT2D eigenvalue weighted by Crippen LogP contribution is -2.50. The zero-order valence-electron chi connectivity index (χ0n) is 17.8. The molecule has 2 amide bonds. The molecular formula is C23H24ClFN4O3. The van der Waals surface area contributed by atoms with E-state index in [2.05, 4.69) is 0 Å². The van der Waals surface area contributed by atoms with Gasteiger partial charge in [-0.05, 0) is 37.3 Å². The molecule has 0 atom stereocenters. The third-order valence-electron chi connectivity index (χ3n) is 5.87. The Bertz CT molecular complexity index is 1230. The number of aromatic nitrogens is 2. The molecule has 1 aliphatic heterocycles. The van der Waals surface area contributed by atoms with E-state index in [1.54, 1.807) is 18.9 Å². The number of benzene rings is 2. The number of aryl methyl sites for hydroxylation is 2. The minimum Gasteiger partial charge on any atom is -0.339 e. The van der Waals surface area contributed by atoms with Crippen LogP contribution in [0.25, 0.3) is 11.0 Å². The molecule has 7 nitrogen and oxygen atoms in total. The maximum atomic E-state index is 13.2. The van der Waals surface area contributed by atoms with Gasteiger partial charge in [0.25, 0.3) is 5.91 Å². The second kappa shape index (κ2) is 9.16. The first-order valence-corrected chi connectivity index (χ1v) is 11.0. The van der Waals surface area contributed by atoms with Gasteiger partial charge in [0.05, 0.1) is 21.6 Å². The number of halogens is 2. The fourth-order valence-corrected chi connectivity index (χ4v) is 4.40. The van der Waals surface area contributed by atoms with Gasteiger partial charge in [0.15, 0.2) is 0 Å². The summed E-state index contributed by atoms with van der Waals surface area (Å²) in [5.74, 6) is -0.832. The van der Waals surface area contributed by atoms with Crippen LogP contribution in [-0.4, -0.2) is 56.9 Å². The number of nitrogens with zero attached hydrogens (tertiary/aromatic N) is 4. The molecule has 168 valence electrons. The van der Waals surface area contributed by atoms with E-state index < -0.39 is 5.82 Å². The van der Waals surface area contributed by atoms with Gasteiger partial charge in [-0.15, -0.1) is 0 Å². The van der Waals surface area contributed by atoms with E-state index in [-0.39, 0.29) is 34.5 Å². The first kappa shape index (κ1) is 22.1. The number of carbonyl (C=O) groups is 2. The van der Waals surface area contributed by atoms with Crippen LogP contribution in [0.4, 0.5) is 4.39 Å². The summed E-state index contributed by atoms with van der Waals surface area (Å²) in [6.07, 6.45) is 0.204. The van der Waals surface area contributed by atoms with Crippen molar-refractivity contribution in [2.75, 3.05) is 26.2 Å². The van der Waals surface area contributed by atoms with Crippen LogP contribution in [0.3, 0.4) is 0 Å². The van der Waals surface area contributed by atoms with Crippen molar-refractivity contribution in [2.24, 2.45) is 0 Å². The van der Waals surface area contributed by atoms with Crippen molar-refractivity contribution in [3.05, 3.63) is 69.4 Å². The topological polar surface area (TPSA) is 67.6 Å². The highest BCUT2D eigenvalue weighted by Crippen LogP contribution is 2.20. The first-order chi connectivity index (χ1) is 15.4. The van der Waals surface area contributed by atoms with Crippen LogP contribution < -0.4 is 5.69 Å². The fraction of sp³-hybridized carbons (Fsp3) is 0.348. The summed E-state index contributed by atoms with van der Waals surface area (Å²) in [5.41, 5.74) is 1.81. The monoisotopic (exact) mass is 458 g/mol. The summed E-state index contributed by atoms with van der Waals surface area (Å²) in [4.78, 5) is 41.5. The zero-order chi connectivity index (χ0) is 22.8. The third-order valence-corrected chi connectivity index (χ3v) is 6.18. The average molecular weight is 459 g/mol. The molecule has 0 aliphatic carbocycles. The Kier molecular flexibility index (Phi) is 6.32. The Hall–Kier alpha value is -3.13. The van der Waals surface area contributed by atoms with Crippen molar-refractivity contribution in [3.63, 3.8) is 0 Å². The van der Waals surface area contributed by atoms with E-state index >= 15 is 0 Å². The highest BCUT2D eigenvalue weighted by atomic mass is 35.5. The number of piperazine rings is 1. The van der Waals surface area contributed by atoms with E-state index in [0.717, 1.165) is 17.1 Å². The van der Waals surface area contributed by atoms with Crippen molar-refractivity contribution in [1.29, 1.82) is 0 Å². The van der Waals surface area contributed by atoms with Crippen LogP contribution in [0.2, 0.25) is 5.02 Å². The maximum Gasteiger partial charge on any atom is 0.329 e. The molecule has 1 fully saturated rings. The molecule has 0 N–H and O–H groups in total. The SMILES string of the molecule is CCn1c(=O)n(CCC(=O)N2CCN(C(=O)c3ccc(F)cc3Cl)CC2)c2ccccc21. The molecule has 1 aromatic heterocycles. The molecule has 1 saturated heterocycles. The number of amides is 2. The Morgan fingerprint density at radius 1 is 0.969 bits per heavy atom. The lowest BCUT2D eigenvalue weighted by Gasteiger charge is -2.35. The summed E-state index contributed by atoms with van der Waals surface area (Å²) in [6, 6.07) is 11.3. The summed E-state index contributed by atoms with van der Waals surface area (Å²) in [5, 5.41) is 0.0743. The highest BCUT2D eigenvalue weighted by molar-refractivity contribution is 6.33. The quantitative estimate of drug-likeness (QED) is 0.590. The largest absolute Gasteiger partial charge is 0.339 e. The van der Waals surface area contributed by atoms with Crippen LogP contribution in [0.1, 0.15) is 23.7 Å². The molecule has 1 aliphatic rings. The van der Waals surface area contributed by atoms with Crippen LogP contribution in [0.5, 0.6) is 0 Å². The van der Waals surface area contributed by atoms with E-state index in [9.17, 15) is 18.8 Å². The predicted molar refractivity (Wildman–Crippen MR) is 120 cm³/mol. The highest BCUT2D eigenvalue weighted by Gasteiger charge is 2.26. The van der Waals surface area contributed by atoms with Crippen LogP contribution in [0.15, 0.2) is 47.3 Å². The van der Waals surface area contributed by atoms with Gasteiger partial charge in [-0.3, -0.25) is 18.7 Å². The molecule has 0 bridgehead atoms. The number of fused-ring (bicyclic) bond motifs is 1. The molecule has 0 unspecified atom stereocenters. The number of imidazole rings is 1. The number of carbonyl (C=O) groups excluding carboxylic acids is 2. The van der Waals surface area contributed by atoms with Crippen LogP contribution in [0, 0.1) is 5.82 Å². The number of rotatable bonds is 5. The Morgan fingerprint density at radius 3 is 2.22 bits per heavy atom. The number of hydrogen-bond donors (Lipinski definition) is 0. The van der Waals surface area contributed by atoms with Crippen LogP contribution in [-0.2, 0) is 17.9 Å². The molecule has 3 aromatic rings. The van der Waals surface area contributed by atoms with E-state index in [4.69, 9.17) is 11.6 Å². The van der Waals surface area contributed by atoms with Gasteiger partial charge in [0.1, 0.15) is 5.82 Å². The van der Waals surface area contributed by atoms with Gasteiger partial charge in [-0.1, -0.05) is 23.7 Å². The van der Waals surface area contributed by atoms with Gasteiger partial charge in [-0.2, -0.15) is 0 Å². The first-order valence-electron chi connectivity index (χ1n) is 10.6. The minimum absolute atomic E-state index is 0.0582. The fourth-order valence-electron chi connectivity index (χ4n) is 4.15. The van der Waals surface area contributed by atoms with E-state index in [1.165, 1.54) is 12.1 Å². The Morgan fingerprint density at radius 2 is 1.59 bits per heavy atom. The standard InChI is InChI=1S/C23H24ClFN4O3/c1-2-28-19-5-3-4-6-20(19)29(23(28)32)10-9-21(30)26-11-13-27(14-12-26)22(31)17-8-7-16(25)15-18(17)24/h3-8,15H,2,9-14H2,1H3. The van der Waals surface area contributed by atoms with Crippen molar-refractivity contribution < 1.29 is 14.0 Å². The normalized spacial score (nSPS) is 14.2. The molecule has 2 heterocycles. The zero-order valence-corrected chi connectivity index (χ0v) is 18.5. The lowest BCUT2D eigenvalue weighted by molar-refractivity contribution is -0.132. The summed E-state index contributed by atoms with van der Waals surface area (Å²) in [7, 11) is 0. The van der Waals surface area contributed by atoms with E-state index in [0.29, 0.717) is 39.3 Å². The molecule has 4 rings (SSSR count). The van der Waals surface area contributed by atoms with Crippen molar-refractivity contribution in [3.8, 4) is 0 Å². The average Bonchev–Trinajstić information content (AvgIpc) is 3.07. The molecule has 0 radical (unpaired) electrons. The summed E-state index contributed by atoms with van der Waals surface area (Å²) >= 11 is 6.01. The van der Waals surface area contributed by atoms with Gasteiger partial charge < -0.3 is 9.80 Å². The van der Waals surface area contributed by atoms with Gasteiger partial charge in [-0.25, -0.2) is 9.18 Å². The third kappa shape index (κ3) is 4.14. The Balaban J connectivity index is 1.38.